The van der Waals surface area contributed by atoms with Gasteiger partial charge in [0.05, 0.1) is 11.4 Å². The summed E-state index contributed by atoms with van der Waals surface area (Å²) in [6.45, 7) is 2.16. The molecule has 156 valence electrons. The van der Waals surface area contributed by atoms with E-state index in [-0.39, 0.29) is 5.75 Å². The van der Waals surface area contributed by atoms with Crippen molar-refractivity contribution in [2.45, 2.75) is 13.3 Å². The molecular weight excluding hydrogens is 392 g/mol. The molecule has 0 spiro atoms. The van der Waals surface area contributed by atoms with E-state index in [4.69, 9.17) is 4.98 Å². The molecule has 0 fully saturated rings. The first-order valence-corrected chi connectivity index (χ1v) is 10.9. The van der Waals surface area contributed by atoms with Crippen LogP contribution in [0.3, 0.4) is 0 Å². The zero-order chi connectivity index (χ0) is 21.9. The standard InChI is InChI=1S/C29H24N2O/c1-2-21-13-17-25(18-14-21)31-28(23-11-7-4-8-12-23)27(22-9-5-3-6-10-22)30-29(31)24-15-19-26(32)20-16-24/h3-20,32H,2H2,1H3. The van der Waals surface area contributed by atoms with Crippen molar-refractivity contribution in [3.8, 4) is 45.3 Å². The number of aromatic hydroxyl groups is 1. The summed E-state index contributed by atoms with van der Waals surface area (Å²) in [5.41, 5.74) is 7.44. The number of aryl methyl sites for hydroxylation is 1. The van der Waals surface area contributed by atoms with Gasteiger partial charge in [0, 0.05) is 22.4 Å². The van der Waals surface area contributed by atoms with Gasteiger partial charge in [0.1, 0.15) is 11.6 Å². The summed E-state index contributed by atoms with van der Waals surface area (Å²) < 4.78 is 2.23. The maximum atomic E-state index is 9.84. The van der Waals surface area contributed by atoms with Gasteiger partial charge >= 0.3 is 0 Å². The lowest BCUT2D eigenvalue weighted by atomic mass is 10.0. The van der Waals surface area contributed by atoms with E-state index < -0.39 is 0 Å². The largest absolute Gasteiger partial charge is 0.508 e. The van der Waals surface area contributed by atoms with E-state index in [1.54, 1.807) is 12.1 Å². The minimum absolute atomic E-state index is 0.241. The second-order valence-corrected chi connectivity index (χ2v) is 7.77. The summed E-state index contributed by atoms with van der Waals surface area (Å²) in [7, 11) is 0. The third-order valence-electron chi connectivity index (χ3n) is 5.70. The highest BCUT2D eigenvalue weighted by Gasteiger charge is 2.22. The normalized spacial score (nSPS) is 10.9. The first-order valence-electron chi connectivity index (χ1n) is 10.9. The van der Waals surface area contributed by atoms with E-state index in [9.17, 15) is 5.11 Å². The summed E-state index contributed by atoms with van der Waals surface area (Å²) in [5, 5.41) is 9.84. The fraction of sp³-hybridized carbons (Fsp3) is 0.0690. The van der Waals surface area contributed by atoms with Crippen molar-refractivity contribution in [1.82, 2.24) is 9.55 Å². The molecule has 1 N–H and O–H groups in total. The van der Waals surface area contributed by atoms with Crippen LogP contribution >= 0.6 is 0 Å². The first kappa shape index (κ1) is 19.8. The highest BCUT2D eigenvalue weighted by molar-refractivity contribution is 5.84. The zero-order valence-corrected chi connectivity index (χ0v) is 17.9. The molecule has 32 heavy (non-hydrogen) atoms. The number of aromatic nitrogens is 2. The molecule has 0 saturated heterocycles. The van der Waals surface area contributed by atoms with Crippen molar-refractivity contribution in [2.24, 2.45) is 0 Å². The molecule has 5 aromatic rings. The van der Waals surface area contributed by atoms with Gasteiger partial charge in [-0.1, -0.05) is 79.7 Å². The van der Waals surface area contributed by atoms with Crippen LogP contribution in [0.5, 0.6) is 5.75 Å². The minimum atomic E-state index is 0.241. The molecule has 0 radical (unpaired) electrons. The fourth-order valence-electron chi connectivity index (χ4n) is 4.02. The molecule has 0 unspecified atom stereocenters. The van der Waals surface area contributed by atoms with Crippen molar-refractivity contribution in [1.29, 1.82) is 0 Å². The average molecular weight is 417 g/mol. The number of nitrogens with zero attached hydrogens (tertiary/aromatic N) is 2. The second kappa shape index (κ2) is 8.56. The van der Waals surface area contributed by atoms with Gasteiger partial charge in [0.25, 0.3) is 0 Å². The molecule has 0 amide bonds. The van der Waals surface area contributed by atoms with E-state index in [1.165, 1.54) is 5.56 Å². The molecule has 0 atom stereocenters. The lowest BCUT2D eigenvalue weighted by Gasteiger charge is -2.14. The van der Waals surface area contributed by atoms with Gasteiger partial charge < -0.3 is 5.11 Å². The van der Waals surface area contributed by atoms with Crippen LogP contribution in [0.4, 0.5) is 0 Å². The van der Waals surface area contributed by atoms with Crippen LogP contribution in [0.15, 0.2) is 109 Å². The van der Waals surface area contributed by atoms with Crippen LogP contribution in [0.2, 0.25) is 0 Å². The van der Waals surface area contributed by atoms with Crippen LogP contribution in [-0.4, -0.2) is 14.7 Å². The third-order valence-corrected chi connectivity index (χ3v) is 5.70. The molecule has 3 nitrogen and oxygen atoms in total. The molecule has 0 aliphatic rings. The molecule has 0 aliphatic heterocycles. The van der Waals surface area contributed by atoms with Gasteiger partial charge in [-0.05, 0) is 48.4 Å². The summed E-state index contributed by atoms with van der Waals surface area (Å²) in [6.07, 6.45) is 0.996. The van der Waals surface area contributed by atoms with Gasteiger partial charge in [-0.25, -0.2) is 4.98 Å². The van der Waals surface area contributed by atoms with Gasteiger partial charge in [-0.3, -0.25) is 4.57 Å². The van der Waals surface area contributed by atoms with Gasteiger partial charge in [-0.15, -0.1) is 0 Å². The average Bonchev–Trinajstić information content (AvgIpc) is 3.26. The van der Waals surface area contributed by atoms with Gasteiger partial charge in [-0.2, -0.15) is 0 Å². The second-order valence-electron chi connectivity index (χ2n) is 7.77. The Kier molecular flexibility index (Phi) is 5.30. The van der Waals surface area contributed by atoms with Crippen molar-refractivity contribution in [3.05, 3.63) is 115 Å². The van der Waals surface area contributed by atoms with Crippen molar-refractivity contribution >= 4 is 0 Å². The molecule has 5 rings (SSSR count). The highest BCUT2D eigenvalue weighted by atomic mass is 16.3. The van der Waals surface area contributed by atoms with Crippen LogP contribution in [-0.2, 0) is 6.42 Å². The molecule has 1 heterocycles. The highest BCUT2D eigenvalue weighted by Crippen LogP contribution is 2.38. The number of hydrogen-bond donors (Lipinski definition) is 1. The Hall–Kier alpha value is -4.11. The third kappa shape index (κ3) is 3.69. The molecule has 3 heteroatoms. The van der Waals surface area contributed by atoms with Crippen LogP contribution in [0, 0.1) is 0 Å². The van der Waals surface area contributed by atoms with Gasteiger partial charge in [0.2, 0.25) is 0 Å². The Balaban J connectivity index is 1.85. The lowest BCUT2D eigenvalue weighted by Crippen LogP contribution is -2.00. The number of rotatable bonds is 5. The van der Waals surface area contributed by atoms with Crippen LogP contribution in [0.1, 0.15) is 12.5 Å². The smallest absolute Gasteiger partial charge is 0.145 e. The van der Waals surface area contributed by atoms with E-state index in [0.29, 0.717) is 0 Å². The number of phenols is 1. The minimum Gasteiger partial charge on any atom is -0.508 e. The molecule has 0 aliphatic carbocycles. The van der Waals surface area contributed by atoms with Crippen molar-refractivity contribution < 1.29 is 5.11 Å². The van der Waals surface area contributed by atoms with Crippen LogP contribution in [0.25, 0.3) is 39.6 Å². The number of hydrogen-bond acceptors (Lipinski definition) is 2. The van der Waals surface area contributed by atoms with Crippen LogP contribution < -0.4 is 0 Å². The monoisotopic (exact) mass is 416 g/mol. The van der Waals surface area contributed by atoms with E-state index >= 15 is 0 Å². The van der Waals surface area contributed by atoms with Crippen molar-refractivity contribution in [3.63, 3.8) is 0 Å². The van der Waals surface area contributed by atoms with Crippen molar-refractivity contribution in [2.75, 3.05) is 0 Å². The Morgan fingerprint density at radius 2 is 1.25 bits per heavy atom. The number of phenolic OH excluding ortho intramolecular Hbond substituents is 1. The molecule has 0 bridgehead atoms. The Labute approximate surface area is 188 Å². The number of benzene rings is 4. The summed E-state index contributed by atoms with van der Waals surface area (Å²) in [5.74, 6) is 1.08. The first-order chi connectivity index (χ1) is 15.7. The summed E-state index contributed by atoms with van der Waals surface area (Å²) >= 11 is 0. The Morgan fingerprint density at radius 3 is 1.84 bits per heavy atom. The lowest BCUT2D eigenvalue weighted by molar-refractivity contribution is 0.475. The fourth-order valence-corrected chi connectivity index (χ4v) is 4.02. The summed E-state index contributed by atoms with van der Waals surface area (Å²) in [4.78, 5) is 5.16. The maximum Gasteiger partial charge on any atom is 0.145 e. The maximum absolute atomic E-state index is 9.84. The Bertz CT molecular complexity index is 1320. The molecular formula is C29H24N2O. The van der Waals surface area contributed by atoms with E-state index in [2.05, 4.69) is 72.2 Å². The van der Waals surface area contributed by atoms with E-state index in [1.807, 2.05) is 36.4 Å². The quantitative estimate of drug-likeness (QED) is 0.331. The molecule has 1 aromatic heterocycles. The molecule has 0 saturated carbocycles. The predicted molar refractivity (Wildman–Crippen MR) is 131 cm³/mol. The predicted octanol–water partition coefficient (Wildman–Crippen LogP) is 7.14. The number of imidazole rings is 1. The SMILES string of the molecule is CCc1ccc(-n2c(-c3ccc(O)cc3)nc(-c3ccccc3)c2-c2ccccc2)cc1. The summed E-state index contributed by atoms with van der Waals surface area (Å²) in [6, 6.07) is 36.6. The van der Waals surface area contributed by atoms with Gasteiger partial charge in [0.15, 0.2) is 0 Å². The topological polar surface area (TPSA) is 38.0 Å². The van der Waals surface area contributed by atoms with E-state index in [0.717, 1.165) is 46.0 Å². The zero-order valence-electron chi connectivity index (χ0n) is 17.9. The Morgan fingerprint density at radius 1 is 0.656 bits per heavy atom. The molecule has 4 aromatic carbocycles.